The zero-order valence-corrected chi connectivity index (χ0v) is 19.2. The van der Waals surface area contributed by atoms with Crippen LogP contribution in [0, 0.1) is 0 Å². The molecule has 0 aliphatic rings. The maximum atomic E-state index is 11.0. The molecular formula is C26H42N2O2. The molecule has 1 unspecified atom stereocenters. The summed E-state index contributed by atoms with van der Waals surface area (Å²) in [6, 6.07) is 7.83. The molecule has 0 aliphatic heterocycles. The Labute approximate surface area is 183 Å². The highest BCUT2D eigenvalue weighted by Crippen LogP contribution is 2.31. The van der Waals surface area contributed by atoms with E-state index in [0.29, 0.717) is 13.2 Å². The second-order valence-corrected chi connectivity index (χ2v) is 8.74. The lowest BCUT2D eigenvalue weighted by molar-refractivity contribution is 0.0351. The Hall–Kier alpha value is -1.81. The van der Waals surface area contributed by atoms with Gasteiger partial charge in [0.05, 0.1) is 19.5 Å². The molecule has 1 N–H and O–H groups in total. The summed E-state index contributed by atoms with van der Waals surface area (Å²) in [6.45, 7) is 5.26. The molecule has 4 nitrogen and oxygen atoms in total. The molecule has 2 aromatic rings. The van der Waals surface area contributed by atoms with Gasteiger partial charge in [0.15, 0.2) is 0 Å². The largest absolute Gasteiger partial charge is 0.493 e. The molecule has 1 atom stereocenters. The van der Waals surface area contributed by atoms with Crippen LogP contribution in [0.3, 0.4) is 0 Å². The summed E-state index contributed by atoms with van der Waals surface area (Å²) >= 11 is 0. The second-order valence-electron chi connectivity index (χ2n) is 8.74. The number of rotatable bonds is 17. The molecule has 1 heterocycles. The van der Waals surface area contributed by atoms with Gasteiger partial charge in [-0.15, -0.1) is 0 Å². The van der Waals surface area contributed by atoms with Crippen molar-refractivity contribution in [3.63, 3.8) is 0 Å². The zero-order valence-electron chi connectivity index (χ0n) is 19.2. The molecule has 0 fully saturated rings. The van der Waals surface area contributed by atoms with Gasteiger partial charge in [-0.1, -0.05) is 95.8 Å². The van der Waals surface area contributed by atoms with Crippen LogP contribution in [-0.2, 0) is 12.1 Å². The number of imidazole rings is 1. The summed E-state index contributed by atoms with van der Waals surface area (Å²) in [5, 5.41) is 11.0. The van der Waals surface area contributed by atoms with E-state index in [1.807, 2.05) is 42.0 Å². The van der Waals surface area contributed by atoms with E-state index in [4.69, 9.17) is 4.74 Å². The van der Waals surface area contributed by atoms with Gasteiger partial charge < -0.3 is 14.4 Å². The molecule has 1 aromatic carbocycles. The first-order chi connectivity index (χ1) is 14.6. The number of aliphatic hydroxyl groups is 1. The van der Waals surface area contributed by atoms with E-state index in [9.17, 15) is 5.11 Å². The molecule has 0 aliphatic carbocycles. The molecule has 0 spiro atoms. The van der Waals surface area contributed by atoms with Crippen molar-refractivity contribution in [3.05, 3.63) is 48.5 Å². The average molecular weight is 415 g/mol. The van der Waals surface area contributed by atoms with Gasteiger partial charge in [0.2, 0.25) is 0 Å². The first-order valence-electron chi connectivity index (χ1n) is 12.0. The molecule has 0 saturated carbocycles. The SMILES string of the molecule is CCCCCCCCCCCCCCOc1ccccc1C(C)(O)Cn1ccnc1. The first kappa shape index (κ1) is 24.5. The number of unbranched alkanes of at least 4 members (excludes halogenated alkanes) is 11. The van der Waals surface area contributed by atoms with Crippen molar-refractivity contribution in [3.8, 4) is 5.75 Å². The molecule has 1 aromatic heterocycles. The number of ether oxygens (including phenoxy) is 1. The molecule has 4 heteroatoms. The molecule has 30 heavy (non-hydrogen) atoms. The van der Waals surface area contributed by atoms with Crippen molar-refractivity contribution >= 4 is 0 Å². The Bertz CT molecular complexity index is 667. The van der Waals surface area contributed by atoms with Crippen LogP contribution in [0.5, 0.6) is 5.75 Å². The zero-order chi connectivity index (χ0) is 21.5. The maximum Gasteiger partial charge on any atom is 0.125 e. The highest BCUT2D eigenvalue weighted by Gasteiger charge is 2.27. The maximum absolute atomic E-state index is 11.0. The van der Waals surface area contributed by atoms with Crippen molar-refractivity contribution in [2.45, 2.75) is 103 Å². The fourth-order valence-electron chi connectivity index (χ4n) is 3.98. The van der Waals surface area contributed by atoms with E-state index in [2.05, 4.69) is 11.9 Å². The highest BCUT2D eigenvalue weighted by molar-refractivity contribution is 5.37. The monoisotopic (exact) mass is 414 g/mol. The van der Waals surface area contributed by atoms with Crippen LogP contribution >= 0.6 is 0 Å². The summed E-state index contributed by atoms with van der Waals surface area (Å²) in [5.41, 5.74) is -0.175. The summed E-state index contributed by atoms with van der Waals surface area (Å²) in [7, 11) is 0. The van der Waals surface area contributed by atoms with Gasteiger partial charge >= 0.3 is 0 Å². The number of aromatic nitrogens is 2. The van der Waals surface area contributed by atoms with Crippen LogP contribution in [0.1, 0.15) is 96.5 Å². The third-order valence-corrected chi connectivity index (χ3v) is 5.77. The van der Waals surface area contributed by atoms with Crippen LogP contribution in [0.4, 0.5) is 0 Å². The van der Waals surface area contributed by atoms with Gasteiger partial charge in [0, 0.05) is 18.0 Å². The van der Waals surface area contributed by atoms with E-state index in [1.54, 1.807) is 12.5 Å². The molecular weight excluding hydrogens is 372 g/mol. The highest BCUT2D eigenvalue weighted by atomic mass is 16.5. The normalized spacial score (nSPS) is 13.3. The third-order valence-electron chi connectivity index (χ3n) is 5.77. The van der Waals surface area contributed by atoms with Crippen molar-refractivity contribution < 1.29 is 9.84 Å². The fraction of sp³-hybridized carbons (Fsp3) is 0.654. The average Bonchev–Trinajstić information content (AvgIpc) is 3.24. The Balaban J connectivity index is 1.59. The fourth-order valence-corrected chi connectivity index (χ4v) is 3.98. The smallest absolute Gasteiger partial charge is 0.125 e. The Morgan fingerprint density at radius 3 is 2.10 bits per heavy atom. The standard InChI is InChI=1S/C26H42N2O2/c1-3-4-5-6-7-8-9-10-11-12-13-16-21-30-25-18-15-14-17-24(25)26(2,29)22-28-20-19-27-23-28/h14-15,17-20,23,29H,3-13,16,21-22H2,1-2H3. The summed E-state index contributed by atoms with van der Waals surface area (Å²) in [6.07, 6.45) is 21.4. The lowest BCUT2D eigenvalue weighted by Crippen LogP contribution is -2.28. The van der Waals surface area contributed by atoms with E-state index in [0.717, 1.165) is 17.7 Å². The topological polar surface area (TPSA) is 47.3 Å². The lowest BCUT2D eigenvalue weighted by atomic mass is 9.95. The van der Waals surface area contributed by atoms with Gasteiger partial charge in [-0.25, -0.2) is 4.98 Å². The molecule has 2 rings (SSSR count). The molecule has 0 bridgehead atoms. The molecule has 0 amide bonds. The molecule has 0 radical (unpaired) electrons. The molecule has 168 valence electrons. The Kier molecular flexibility index (Phi) is 11.6. The van der Waals surface area contributed by atoms with Crippen LogP contribution in [0.25, 0.3) is 0 Å². The number of hydrogen-bond donors (Lipinski definition) is 1. The predicted octanol–water partition coefficient (Wildman–Crippen LogP) is 6.87. The molecule has 0 saturated heterocycles. The van der Waals surface area contributed by atoms with Crippen molar-refractivity contribution in [1.29, 1.82) is 0 Å². The van der Waals surface area contributed by atoms with Crippen LogP contribution in [-0.4, -0.2) is 21.3 Å². The number of para-hydroxylation sites is 1. The summed E-state index contributed by atoms with van der Waals surface area (Å²) < 4.78 is 7.94. The van der Waals surface area contributed by atoms with E-state index >= 15 is 0 Å². The minimum atomic E-state index is -1.01. The minimum Gasteiger partial charge on any atom is -0.493 e. The van der Waals surface area contributed by atoms with Crippen molar-refractivity contribution in [2.75, 3.05) is 6.61 Å². The van der Waals surface area contributed by atoms with E-state index < -0.39 is 5.60 Å². The first-order valence-corrected chi connectivity index (χ1v) is 12.0. The van der Waals surface area contributed by atoms with Crippen molar-refractivity contribution in [1.82, 2.24) is 9.55 Å². The second kappa shape index (κ2) is 14.2. The Morgan fingerprint density at radius 1 is 0.900 bits per heavy atom. The van der Waals surface area contributed by atoms with Gasteiger partial charge in [-0.05, 0) is 19.4 Å². The summed E-state index contributed by atoms with van der Waals surface area (Å²) in [5.74, 6) is 0.783. The van der Waals surface area contributed by atoms with Gasteiger partial charge in [-0.2, -0.15) is 0 Å². The van der Waals surface area contributed by atoms with E-state index in [1.165, 1.54) is 70.6 Å². The van der Waals surface area contributed by atoms with Crippen molar-refractivity contribution in [2.24, 2.45) is 0 Å². The number of nitrogens with zero attached hydrogens (tertiary/aromatic N) is 2. The van der Waals surface area contributed by atoms with Gasteiger partial charge in [0.25, 0.3) is 0 Å². The predicted molar refractivity (Wildman–Crippen MR) is 125 cm³/mol. The quantitative estimate of drug-likeness (QED) is 0.287. The van der Waals surface area contributed by atoms with Crippen LogP contribution in [0.2, 0.25) is 0 Å². The van der Waals surface area contributed by atoms with Crippen LogP contribution in [0.15, 0.2) is 43.0 Å². The summed E-state index contributed by atoms with van der Waals surface area (Å²) in [4.78, 5) is 4.06. The number of benzene rings is 1. The Morgan fingerprint density at radius 2 is 1.50 bits per heavy atom. The van der Waals surface area contributed by atoms with E-state index in [-0.39, 0.29) is 0 Å². The lowest BCUT2D eigenvalue weighted by Gasteiger charge is -2.26. The van der Waals surface area contributed by atoms with Crippen LogP contribution < -0.4 is 4.74 Å². The van der Waals surface area contributed by atoms with Gasteiger partial charge in [-0.3, -0.25) is 0 Å². The minimum absolute atomic E-state index is 0.450. The van der Waals surface area contributed by atoms with Gasteiger partial charge in [0.1, 0.15) is 11.4 Å². The third kappa shape index (κ3) is 9.34. The number of hydrogen-bond acceptors (Lipinski definition) is 3.